The Morgan fingerprint density at radius 2 is 2.17 bits per heavy atom. The third-order valence-electron chi connectivity index (χ3n) is 2.04. The van der Waals surface area contributed by atoms with Gasteiger partial charge in [0.1, 0.15) is 31.0 Å². The van der Waals surface area contributed by atoms with Crippen molar-refractivity contribution in [2.75, 3.05) is 24.6 Å². The standard InChI is InChI=1S/C6H14N2O3S/c7-1-2-8-5-3-12(10,11)4-6(5)9/h5-6,8-9H,1-4,7H2/p+2/t5-,6+/m0/s1. The highest BCUT2D eigenvalue weighted by Crippen LogP contribution is 2.08. The van der Waals surface area contributed by atoms with Gasteiger partial charge in [0.05, 0.1) is 5.75 Å². The average Bonchev–Trinajstić information content (AvgIpc) is 2.20. The summed E-state index contributed by atoms with van der Waals surface area (Å²) in [7, 11) is -2.98. The van der Waals surface area contributed by atoms with Crippen molar-refractivity contribution in [3.63, 3.8) is 0 Å². The predicted octanol–water partition coefficient (Wildman–Crippen LogP) is -4.05. The third kappa shape index (κ3) is 2.41. The van der Waals surface area contributed by atoms with E-state index in [1.165, 1.54) is 0 Å². The fourth-order valence-electron chi connectivity index (χ4n) is 1.41. The largest absolute Gasteiger partial charge is 0.386 e. The van der Waals surface area contributed by atoms with Crippen LogP contribution in [0.2, 0.25) is 0 Å². The number of aliphatic hydroxyl groups excluding tert-OH is 1. The summed E-state index contributed by atoms with van der Waals surface area (Å²) < 4.78 is 22.0. The lowest BCUT2D eigenvalue weighted by Gasteiger charge is -2.09. The molecule has 5 nitrogen and oxygen atoms in total. The van der Waals surface area contributed by atoms with Crippen LogP contribution in [0.4, 0.5) is 0 Å². The summed E-state index contributed by atoms with van der Waals surface area (Å²) >= 11 is 0. The van der Waals surface area contributed by atoms with Crippen molar-refractivity contribution in [3.05, 3.63) is 0 Å². The van der Waals surface area contributed by atoms with Gasteiger partial charge in [-0.2, -0.15) is 0 Å². The van der Waals surface area contributed by atoms with Gasteiger partial charge in [-0.3, -0.25) is 0 Å². The molecule has 12 heavy (non-hydrogen) atoms. The van der Waals surface area contributed by atoms with Gasteiger partial charge in [0.25, 0.3) is 0 Å². The average molecular weight is 196 g/mol. The number of aliphatic hydroxyl groups is 1. The summed E-state index contributed by atoms with van der Waals surface area (Å²) in [5.74, 6) is 0.0273. The molecule has 1 rings (SSSR count). The minimum absolute atomic E-state index is 0.0781. The van der Waals surface area contributed by atoms with Crippen molar-refractivity contribution < 1.29 is 24.6 Å². The van der Waals surface area contributed by atoms with Gasteiger partial charge in [-0.25, -0.2) is 8.42 Å². The van der Waals surface area contributed by atoms with E-state index in [0.29, 0.717) is 0 Å². The van der Waals surface area contributed by atoms with Gasteiger partial charge in [0, 0.05) is 0 Å². The van der Waals surface area contributed by atoms with Gasteiger partial charge in [-0.15, -0.1) is 0 Å². The van der Waals surface area contributed by atoms with Crippen molar-refractivity contribution in [2.24, 2.45) is 0 Å². The van der Waals surface area contributed by atoms with E-state index in [9.17, 15) is 13.5 Å². The number of hydrogen-bond acceptors (Lipinski definition) is 3. The Morgan fingerprint density at radius 3 is 2.58 bits per heavy atom. The zero-order chi connectivity index (χ0) is 9.19. The Kier molecular flexibility index (Phi) is 3.05. The molecule has 0 bridgehead atoms. The van der Waals surface area contributed by atoms with Crippen LogP contribution in [0.3, 0.4) is 0 Å². The third-order valence-corrected chi connectivity index (χ3v) is 3.78. The number of quaternary nitrogens is 2. The van der Waals surface area contributed by atoms with Crippen molar-refractivity contribution in [1.29, 1.82) is 0 Å². The lowest BCUT2D eigenvalue weighted by atomic mass is 10.2. The molecule has 0 saturated carbocycles. The summed E-state index contributed by atoms with van der Waals surface area (Å²) in [4.78, 5) is 0. The fourth-order valence-corrected chi connectivity index (χ4v) is 3.26. The molecule has 6 heteroatoms. The second kappa shape index (κ2) is 3.69. The Morgan fingerprint density at radius 1 is 1.50 bits per heavy atom. The molecule has 2 atom stereocenters. The first kappa shape index (κ1) is 9.91. The number of sulfone groups is 1. The Balaban J connectivity index is 2.47. The molecule has 0 amide bonds. The van der Waals surface area contributed by atoms with E-state index in [0.717, 1.165) is 13.1 Å². The topological polar surface area (TPSA) is 98.6 Å². The highest BCUT2D eigenvalue weighted by molar-refractivity contribution is 7.91. The van der Waals surface area contributed by atoms with Crippen LogP contribution in [0.1, 0.15) is 0 Å². The van der Waals surface area contributed by atoms with Crippen molar-refractivity contribution in [2.45, 2.75) is 12.1 Å². The first-order chi connectivity index (χ1) is 5.55. The zero-order valence-corrected chi connectivity index (χ0v) is 7.76. The van der Waals surface area contributed by atoms with E-state index in [1.54, 1.807) is 0 Å². The lowest BCUT2D eigenvalue weighted by molar-refractivity contribution is -0.702. The fraction of sp³-hybridized carbons (Fsp3) is 1.00. The molecule has 0 unspecified atom stereocenters. The summed E-state index contributed by atoms with van der Waals surface area (Å²) in [5, 5.41) is 11.2. The van der Waals surface area contributed by atoms with Gasteiger partial charge >= 0.3 is 0 Å². The lowest BCUT2D eigenvalue weighted by Crippen LogP contribution is -2.95. The molecule has 1 heterocycles. The Bertz CT molecular complexity index is 239. The van der Waals surface area contributed by atoms with Gasteiger partial charge in [-0.1, -0.05) is 0 Å². The maximum Gasteiger partial charge on any atom is 0.159 e. The van der Waals surface area contributed by atoms with Crippen molar-refractivity contribution in [3.8, 4) is 0 Å². The molecule has 6 N–H and O–H groups in total. The number of rotatable bonds is 3. The molecule has 1 saturated heterocycles. The molecule has 0 aromatic carbocycles. The summed E-state index contributed by atoms with van der Waals surface area (Å²) in [6.45, 7) is 1.53. The van der Waals surface area contributed by atoms with Gasteiger partial charge in [0.2, 0.25) is 0 Å². The zero-order valence-electron chi connectivity index (χ0n) is 6.94. The van der Waals surface area contributed by atoms with E-state index in [-0.39, 0.29) is 17.5 Å². The maximum atomic E-state index is 11.0. The molecule has 1 aliphatic rings. The van der Waals surface area contributed by atoms with E-state index in [4.69, 9.17) is 0 Å². The van der Waals surface area contributed by atoms with Crippen LogP contribution in [0, 0.1) is 0 Å². The summed E-state index contributed by atoms with van der Waals surface area (Å²) in [6, 6.07) is -0.170. The van der Waals surface area contributed by atoms with Crippen LogP contribution < -0.4 is 11.1 Å². The second-order valence-electron chi connectivity index (χ2n) is 3.19. The van der Waals surface area contributed by atoms with Crippen LogP contribution in [-0.2, 0) is 9.84 Å². The first-order valence-corrected chi connectivity index (χ1v) is 5.88. The molecule has 1 aliphatic heterocycles. The highest BCUT2D eigenvalue weighted by atomic mass is 32.2. The Labute approximate surface area is 71.9 Å². The maximum absolute atomic E-state index is 11.0. The molecule has 0 aromatic rings. The second-order valence-corrected chi connectivity index (χ2v) is 5.34. The SMILES string of the molecule is [NH3+]CC[NH2+][C@H]1CS(=O)(=O)C[C@H]1O. The Hall–Kier alpha value is -0.170. The van der Waals surface area contributed by atoms with E-state index < -0.39 is 15.9 Å². The molecular weight excluding hydrogens is 180 g/mol. The summed E-state index contributed by atoms with van der Waals surface area (Å²) in [6.07, 6.45) is -0.693. The smallest absolute Gasteiger partial charge is 0.159 e. The van der Waals surface area contributed by atoms with Gasteiger partial charge in [0.15, 0.2) is 9.84 Å². The van der Waals surface area contributed by atoms with Gasteiger partial charge < -0.3 is 16.2 Å². The van der Waals surface area contributed by atoms with Crippen LogP contribution in [0.15, 0.2) is 0 Å². The van der Waals surface area contributed by atoms with Crippen LogP contribution in [0.25, 0.3) is 0 Å². The molecule has 0 spiro atoms. The number of nitrogens with two attached hydrogens (primary N) is 1. The first-order valence-electron chi connectivity index (χ1n) is 4.06. The van der Waals surface area contributed by atoms with Crippen LogP contribution in [0.5, 0.6) is 0 Å². The minimum Gasteiger partial charge on any atom is -0.386 e. The number of hydrogen-bond donors (Lipinski definition) is 3. The molecule has 0 aliphatic carbocycles. The molecule has 72 valence electrons. The monoisotopic (exact) mass is 196 g/mol. The van der Waals surface area contributed by atoms with E-state index in [2.05, 4.69) is 5.73 Å². The van der Waals surface area contributed by atoms with Crippen LogP contribution >= 0.6 is 0 Å². The minimum atomic E-state index is -2.98. The van der Waals surface area contributed by atoms with Crippen molar-refractivity contribution in [1.82, 2.24) is 0 Å². The normalized spacial score (nSPS) is 33.8. The predicted molar refractivity (Wildman–Crippen MR) is 43.0 cm³/mol. The van der Waals surface area contributed by atoms with Crippen molar-refractivity contribution >= 4 is 9.84 Å². The molecule has 1 fully saturated rings. The molecular formula is C6H16N2O3S+2. The molecule has 0 radical (unpaired) electrons. The van der Waals surface area contributed by atoms with Gasteiger partial charge in [-0.05, 0) is 0 Å². The van der Waals surface area contributed by atoms with E-state index >= 15 is 0 Å². The quantitative estimate of drug-likeness (QED) is 0.428. The summed E-state index contributed by atoms with van der Waals surface area (Å²) in [5.41, 5.74) is 3.65. The van der Waals surface area contributed by atoms with Crippen LogP contribution in [-0.4, -0.2) is 50.3 Å². The van der Waals surface area contributed by atoms with E-state index in [1.807, 2.05) is 5.32 Å². The molecule has 0 aromatic heterocycles. The highest BCUT2D eigenvalue weighted by Gasteiger charge is 2.38.